The van der Waals surface area contributed by atoms with Gasteiger partial charge in [-0.1, -0.05) is 30.7 Å². The number of allylic oxidation sites excluding steroid dienone is 1. The van der Waals surface area contributed by atoms with Crippen molar-refractivity contribution in [2.45, 2.75) is 43.5 Å². The zero-order chi connectivity index (χ0) is 12.8. The van der Waals surface area contributed by atoms with Gasteiger partial charge in [-0.2, -0.15) is 0 Å². The van der Waals surface area contributed by atoms with Crippen LogP contribution < -0.4 is 5.32 Å². The molecule has 0 heterocycles. The third-order valence-corrected chi connectivity index (χ3v) is 4.24. The number of thioether (sulfide) groups is 1. The Bertz CT molecular complexity index is 394. The molecule has 1 aliphatic carbocycles. The second-order valence-corrected chi connectivity index (χ2v) is 5.71. The normalized spacial score (nSPS) is 16.7. The van der Waals surface area contributed by atoms with E-state index in [0.717, 1.165) is 6.54 Å². The number of benzene rings is 1. The Morgan fingerprint density at radius 3 is 2.61 bits per heavy atom. The third kappa shape index (κ3) is 3.39. The fourth-order valence-electron chi connectivity index (χ4n) is 2.51. The monoisotopic (exact) mass is 261 g/mol. The van der Waals surface area contributed by atoms with Gasteiger partial charge in [0.1, 0.15) is 0 Å². The van der Waals surface area contributed by atoms with Crippen molar-refractivity contribution in [2.75, 3.05) is 12.8 Å². The van der Waals surface area contributed by atoms with Crippen LogP contribution in [0.5, 0.6) is 0 Å². The Morgan fingerprint density at radius 2 is 2.06 bits per heavy atom. The highest BCUT2D eigenvalue weighted by Gasteiger charge is 2.18. The molecule has 0 saturated carbocycles. The highest BCUT2D eigenvalue weighted by molar-refractivity contribution is 7.98. The number of hydrogen-bond donors (Lipinski definition) is 1. The first-order valence-electron chi connectivity index (χ1n) is 6.91. The van der Waals surface area contributed by atoms with Crippen LogP contribution in [0.4, 0.5) is 0 Å². The van der Waals surface area contributed by atoms with Crippen LogP contribution in [-0.2, 0) is 0 Å². The quantitative estimate of drug-likeness (QED) is 0.595. The standard InChI is InChI=1S/C16H23NS/c1-3-12-17-16(13-6-4-5-7-13)14-8-10-15(18-2)11-9-14/h6,8-11,16-17H,3-5,7,12H2,1-2H3. The molecule has 1 aromatic rings. The first kappa shape index (κ1) is 13.7. The van der Waals surface area contributed by atoms with E-state index in [0.29, 0.717) is 6.04 Å². The second kappa shape index (κ2) is 7.01. The van der Waals surface area contributed by atoms with E-state index in [-0.39, 0.29) is 0 Å². The molecule has 1 atom stereocenters. The van der Waals surface area contributed by atoms with E-state index in [9.17, 15) is 0 Å². The molecule has 1 aliphatic rings. The topological polar surface area (TPSA) is 12.0 Å². The third-order valence-electron chi connectivity index (χ3n) is 3.49. The van der Waals surface area contributed by atoms with Crippen molar-refractivity contribution in [3.63, 3.8) is 0 Å². The van der Waals surface area contributed by atoms with Crippen molar-refractivity contribution in [3.8, 4) is 0 Å². The molecule has 18 heavy (non-hydrogen) atoms. The molecule has 1 N–H and O–H groups in total. The molecule has 0 bridgehead atoms. The largest absolute Gasteiger partial charge is 0.307 e. The van der Waals surface area contributed by atoms with Crippen LogP contribution in [0, 0.1) is 0 Å². The van der Waals surface area contributed by atoms with Crippen LogP contribution in [0.25, 0.3) is 0 Å². The van der Waals surface area contributed by atoms with E-state index in [1.54, 1.807) is 17.3 Å². The number of hydrogen-bond acceptors (Lipinski definition) is 2. The van der Waals surface area contributed by atoms with Crippen LogP contribution in [-0.4, -0.2) is 12.8 Å². The summed E-state index contributed by atoms with van der Waals surface area (Å²) in [4.78, 5) is 1.34. The van der Waals surface area contributed by atoms with Gasteiger partial charge < -0.3 is 5.32 Å². The van der Waals surface area contributed by atoms with Gasteiger partial charge in [-0.15, -0.1) is 11.8 Å². The maximum absolute atomic E-state index is 3.69. The first-order valence-corrected chi connectivity index (χ1v) is 8.14. The lowest BCUT2D eigenvalue weighted by Crippen LogP contribution is -2.23. The molecule has 2 heteroatoms. The molecular weight excluding hydrogens is 238 g/mol. The van der Waals surface area contributed by atoms with Crippen LogP contribution in [0.15, 0.2) is 40.8 Å². The molecule has 0 amide bonds. The molecule has 1 nitrogen and oxygen atoms in total. The van der Waals surface area contributed by atoms with E-state index in [1.165, 1.54) is 36.1 Å². The van der Waals surface area contributed by atoms with Crippen molar-refractivity contribution >= 4 is 11.8 Å². The van der Waals surface area contributed by atoms with E-state index in [1.807, 2.05) is 0 Å². The predicted molar refractivity (Wildman–Crippen MR) is 81.2 cm³/mol. The van der Waals surface area contributed by atoms with Crippen LogP contribution in [0.1, 0.15) is 44.2 Å². The summed E-state index contributed by atoms with van der Waals surface area (Å²) < 4.78 is 0. The van der Waals surface area contributed by atoms with Gasteiger partial charge in [-0.05, 0) is 56.2 Å². The molecule has 0 fully saturated rings. The van der Waals surface area contributed by atoms with Gasteiger partial charge in [0.05, 0.1) is 6.04 Å². The lowest BCUT2D eigenvalue weighted by Gasteiger charge is -2.21. The predicted octanol–water partition coefficient (Wildman–Crippen LogP) is 4.56. The highest BCUT2D eigenvalue weighted by Crippen LogP contribution is 2.31. The van der Waals surface area contributed by atoms with Gasteiger partial charge in [0.2, 0.25) is 0 Å². The molecule has 0 aromatic heterocycles. The number of rotatable bonds is 6. The molecule has 2 rings (SSSR count). The summed E-state index contributed by atoms with van der Waals surface area (Å²) in [6.07, 6.45) is 9.57. The minimum atomic E-state index is 0.434. The smallest absolute Gasteiger partial charge is 0.0536 e. The highest BCUT2D eigenvalue weighted by atomic mass is 32.2. The van der Waals surface area contributed by atoms with Crippen molar-refractivity contribution < 1.29 is 0 Å². The molecule has 0 aliphatic heterocycles. The summed E-state index contributed by atoms with van der Waals surface area (Å²) in [5, 5.41) is 3.69. The first-order chi connectivity index (χ1) is 8.85. The zero-order valence-corrected chi connectivity index (χ0v) is 12.2. The van der Waals surface area contributed by atoms with Gasteiger partial charge >= 0.3 is 0 Å². The Balaban J connectivity index is 2.15. The Hall–Kier alpha value is -0.730. The van der Waals surface area contributed by atoms with Gasteiger partial charge in [0, 0.05) is 4.90 Å². The molecule has 1 aromatic carbocycles. The summed E-state index contributed by atoms with van der Waals surface area (Å²) in [5.41, 5.74) is 3.00. The van der Waals surface area contributed by atoms with E-state index in [2.05, 4.69) is 48.8 Å². The fourth-order valence-corrected chi connectivity index (χ4v) is 2.91. The summed E-state index contributed by atoms with van der Waals surface area (Å²) in [5.74, 6) is 0. The van der Waals surface area contributed by atoms with Gasteiger partial charge in [-0.3, -0.25) is 0 Å². The number of nitrogens with one attached hydrogen (secondary N) is 1. The Kier molecular flexibility index (Phi) is 5.33. The lowest BCUT2D eigenvalue weighted by atomic mass is 9.98. The van der Waals surface area contributed by atoms with Crippen LogP contribution in [0.2, 0.25) is 0 Å². The summed E-state index contributed by atoms with van der Waals surface area (Å²) in [6.45, 7) is 3.32. The molecule has 1 unspecified atom stereocenters. The second-order valence-electron chi connectivity index (χ2n) is 4.83. The van der Waals surface area contributed by atoms with Gasteiger partial charge in [0.25, 0.3) is 0 Å². The summed E-state index contributed by atoms with van der Waals surface area (Å²) in [6, 6.07) is 9.45. The van der Waals surface area contributed by atoms with Crippen molar-refractivity contribution in [3.05, 3.63) is 41.5 Å². The molecule has 98 valence electrons. The van der Waals surface area contributed by atoms with Crippen LogP contribution in [0.3, 0.4) is 0 Å². The van der Waals surface area contributed by atoms with E-state index in [4.69, 9.17) is 0 Å². The van der Waals surface area contributed by atoms with Crippen molar-refractivity contribution in [2.24, 2.45) is 0 Å². The van der Waals surface area contributed by atoms with Crippen molar-refractivity contribution in [1.29, 1.82) is 0 Å². The summed E-state index contributed by atoms with van der Waals surface area (Å²) in [7, 11) is 0. The van der Waals surface area contributed by atoms with Gasteiger partial charge in [-0.25, -0.2) is 0 Å². The molecule has 0 saturated heterocycles. The van der Waals surface area contributed by atoms with E-state index >= 15 is 0 Å². The lowest BCUT2D eigenvalue weighted by molar-refractivity contribution is 0.578. The Labute approximate surface area is 115 Å². The maximum atomic E-state index is 3.69. The fraction of sp³-hybridized carbons (Fsp3) is 0.500. The zero-order valence-electron chi connectivity index (χ0n) is 11.4. The molecule has 0 radical (unpaired) electrons. The van der Waals surface area contributed by atoms with Crippen molar-refractivity contribution in [1.82, 2.24) is 5.32 Å². The molecule has 0 spiro atoms. The minimum absolute atomic E-state index is 0.434. The Morgan fingerprint density at radius 1 is 1.28 bits per heavy atom. The average Bonchev–Trinajstić information content (AvgIpc) is 2.94. The minimum Gasteiger partial charge on any atom is -0.307 e. The maximum Gasteiger partial charge on any atom is 0.0536 e. The van der Waals surface area contributed by atoms with Gasteiger partial charge in [0.15, 0.2) is 0 Å². The molecular formula is C16H23NS. The van der Waals surface area contributed by atoms with E-state index < -0.39 is 0 Å². The van der Waals surface area contributed by atoms with Crippen LogP contribution >= 0.6 is 11.8 Å². The summed E-state index contributed by atoms with van der Waals surface area (Å²) >= 11 is 1.80. The average molecular weight is 261 g/mol. The SMILES string of the molecule is CCCNC(C1=CCCC1)c1ccc(SC)cc1.